The van der Waals surface area contributed by atoms with Gasteiger partial charge in [-0.1, -0.05) is 12.1 Å². The van der Waals surface area contributed by atoms with Crippen LogP contribution in [0, 0.1) is 6.92 Å². The smallest absolute Gasteiger partial charge is 0.0937 e. The third-order valence-corrected chi connectivity index (χ3v) is 3.28. The molecule has 4 heteroatoms. The lowest BCUT2D eigenvalue weighted by molar-refractivity contribution is 0.857. The second kappa shape index (κ2) is 4.74. The van der Waals surface area contributed by atoms with Gasteiger partial charge >= 0.3 is 0 Å². The Bertz CT molecular complexity index is 719. The highest BCUT2D eigenvalue weighted by molar-refractivity contribution is 5.78. The number of hydrogen-bond acceptors (Lipinski definition) is 4. The number of hydrogen-bond donors (Lipinski definition) is 1. The van der Waals surface area contributed by atoms with Gasteiger partial charge in [0, 0.05) is 30.4 Å². The third-order valence-electron chi connectivity index (χ3n) is 3.28. The second-order valence-electron chi connectivity index (χ2n) is 4.48. The summed E-state index contributed by atoms with van der Waals surface area (Å²) in [4.78, 5) is 12.9. The quantitative estimate of drug-likeness (QED) is 0.758. The first kappa shape index (κ1) is 11.7. The summed E-state index contributed by atoms with van der Waals surface area (Å²) in [5.41, 5.74) is 11.2. The zero-order valence-electron chi connectivity index (χ0n) is 10.6. The van der Waals surface area contributed by atoms with Crippen LogP contribution in [0.15, 0.2) is 49.1 Å². The number of pyridine rings is 1. The summed E-state index contributed by atoms with van der Waals surface area (Å²) >= 11 is 0. The third kappa shape index (κ3) is 2.06. The molecular weight excluding hydrogens is 236 g/mol. The molecule has 1 atom stereocenters. The maximum absolute atomic E-state index is 6.38. The number of rotatable bonds is 2. The molecule has 0 saturated heterocycles. The average molecular weight is 250 g/mol. The van der Waals surface area contributed by atoms with Gasteiger partial charge in [-0.2, -0.15) is 0 Å². The number of para-hydroxylation sites is 1. The van der Waals surface area contributed by atoms with E-state index in [0.717, 1.165) is 27.7 Å². The highest BCUT2D eigenvalue weighted by Crippen LogP contribution is 2.26. The molecule has 3 rings (SSSR count). The van der Waals surface area contributed by atoms with Crippen LogP contribution in [-0.4, -0.2) is 15.0 Å². The summed E-state index contributed by atoms with van der Waals surface area (Å²) in [6.45, 7) is 2.04. The normalized spacial score (nSPS) is 12.5. The van der Waals surface area contributed by atoms with Crippen LogP contribution in [-0.2, 0) is 0 Å². The van der Waals surface area contributed by atoms with Gasteiger partial charge in [-0.05, 0) is 30.2 Å². The molecule has 4 nitrogen and oxygen atoms in total. The Balaban J connectivity index is 2.17. The Hall–Kier alpha value is -2.33. The van der Waals surface area contributed by atoms with Gasteiger partial charge in [-0.25, -0.2) is 0 Å². The fourth-order valence-corrected chi connectivity index (χ4v) is 2.24. The molecule has 19 heavy (non-hydrogen) atoms. The molecule has 2 aromatic heterocycles. The maximum Gasteiger partial charge on any atom is 0.0937 e. The summed E-state index contributed by atoms with van der Waals surface area (Å²) in [6.07, 6.45) is 6.96. The van der Waals surface area contributed by atoms with Crippen molar-refractivity contribution < 1.29 is 0 Å². The lowest BCUT2D eigenvalue weighted by Crippen LogP contribution is -2.14. The molecule has 0 bridgehead atoms. The largest absolute Gasteiger partial charge is 0.320 e. The first-order valence-electron chi connectivity index (χ1n) is 6.13. The van der Waals surface area contributed by atoms with Gasteiger partial charge in [0.15, 0.2) is 0 Å². The number of nitrogens with two attached hydrogens (primary N) is 1. The molecule has 0 spiro atoms. The molecule has 0 aliphatic carbocycles. The van der Waals surface area contributed by atoms with Crippen molar-refractivity contribution in [2.45, 2.75) is 13.0 Å². The van der Waals surface area contributed by atoms with E-state index in [-0.39, 0.29) is 6.04 Å². The molecule has 94 valence electrons. The lowest BCUT2D eigenvalue weighted by atomic mass is 9.96. The van der Waals surface area contributed by atoms with Crippen LogP contribution < -0.4 is 5.73 Å². The number of fused-ring (bicyclic) bond motifs is 1. The van der Waals surface area contributed by atoms with Crippen molar-refractivity contribution in [3.63, 3.8) is 0 Å². The molecule has 0 radical (unpaired) electrons. The number of nitrogens with zero attached hydrogens (tertiary/aromatic N) is 3. The first-order chi connectivity index (χ1) is 9.27. The van der Waals surface area contributed by atoms with Gasteiger partial charge < -0.3 is 5.73 Å². The molecule has 0 amide bonds. The fraction of sp³-hybridized carbons (Fsp3) is 0.133. The van der Waals surface area contributed by atoms with Crippen molar-refractivity contribution in [3.8, 4) is 0 Å². The number of aromatic nitrogens is 3. The molecule has 1 aromatic carbocycles. The van der Waals surface area contributed by atoms with Crippen molar-refractivity contribution in [1.82, 2.24) is 15.0 Å². The van der Waals surface area contributed by atoms with Gasteiger partial charge in [0.1, 0.15) is 0 Å². The Kier molecular flexibility index (Phi) is 2.93. The van der Waals surface area contributed by atoms with Crippen molar-refractivity contribution in [2.24, 2.45) is 5.73 Å². The highest BCUT2D eigenvalue weighted by Gasteiger charge is 2.15. The van der Waals surface area contributed by atoms with E-state index in [1.807, 2.05) is 37.4 Å². The summed E-state index contributed by atoms with van der Waals surface area (Å²) < 4.78 is 0. The molecule has 1 unspecified atom stereocenters. The van der Waals surface area contributed by atoms with E-state index in [9.17, 15) is 0 Å². The van der Waals surface area contributed by atoms with Crippen LogP contribution >= 0.6 is 0 Å². The van der Waals surface area contributed by atoms with Crippen LogP contribution in [0.3, 0.4) is 0 Å². The fourth-order valence-electron chi connectivity index (χ4n) is 2.24. The lowest BCUT2D eigenvalue weighted by Gasteiger charge is -2.15. The molecule has 0 fully saturated rings. The van der Waals surface area contributed by atoms with E-state index < -0.39 is 0 Å². The minimum atomic E-state index is -0.242. The molecule has 0 aliphatic rings. The van der Waals surface area contributed by atoms with E-state index in [0.29, 0.717) is 0 Å². The average Bonchev–Trinajstić information content (AvgIpc) is 2.46. The van der Waals surface area contributed by atoms with E-state index in [1.54, 1.807) is 18.6 Å². The zero-order chi connectivity index (χ0) is 13.2. The Morgan fingerprint density at radius 3 is 2.68 bits per heavy atom. The monoisotopic (exact) mass is 250 g/mol. The van der Waals surface area contributed by atoms with Crippen molar-refractivity contribution >= 4 is 11.0 Å². The number of aryl methyl sites for hydroxylation is 1. The molecule has 3 aromatic rings. The van der Waals surface area contributed by atoms with E-state index in [2.05, 4.69) is 15.0 Å². The van der Waals surface area contributed by atoms with Crippen molar-refractivity contribution in [1.29, 1.82) is 0 Å². The maximum atomic E-state index is 6.38. The molecule has 2 N–H and O–H groups in total. The summed E-state index contributed by atoms with van der Waals surface area (Å²) in [5.74, 6) is 0. The van der Waals surface area contributed by atoms with Gasteiger partial charge in [-0.15, -0.1) is 0 Å². The molecular formula is C15H14N4. The molecule has 0 saturated carbocycles. The Morgan fingerprint density at radius 2 is 1.84 bits per heavy atom. The van der Waals surface area contributed by atoms with Crippen molar-refractivity contribution in [2.75, 3.05) is 0 Å². The van der Waals surface area contributed by atoms with Gasteiger partial charge in [0.25, 0.3) is 0 Å². The van der Waals surface area contributed by atoms with Gasteiger partial charge in [0.2, 0.25) is 0 Å². The predicted molar refractivity (Wildman–Crippen MR) is 74.5 cm³/mol. The van der Waals surface area contributed by atoms with Gasteiger partial charge in [-0.3, -0.25) is 15.0 Å². The van der Waals surface area contributed by atoms with Crippen LogP contribution in [0.1, 0.15) is 22.7 Å². The summed E-state index contributed by atoms with van der Waals surface area (Å²) in [5, 5.41) is 0. The van der Waals surface area contributed by atoms with Crippen LogP contribution in [0.4, 0.5) is 0 Å². The SMILES string of the molecule is Cc1ccncc1C(N)c1cccc2nccnc12. The molecule has 0 aliphatic heterocycles. The number of benzene rings is 1. The van der Waals surface area contributed by atoms with Crippen LogP contribution in [0.25, 0.3) is 11.0 Å². The Labute approximate surface area is 111 Å². The van der Waals surface area contributed by atoms with E-state index in [1.165, 1.54) is 0 Å². The minimum absolute atomic E-state index is 0.242. The summed E-state index contributed by atoms with van der Waals surface area (Å²) in [6, 6.07) is 7.61. The molecule has 2 heterocycles. The highest BCUT2D eigenvalue weighted by atomic mass is 14.8. The summed E-state index contributed by atoms with van der Waals surface area (Å²) in [7, 11) is 0. The predicted octanol–water partition coefficient (Wildman–Crippen LogP) is 2.38. The Morgan fingerprint density at radius 1 is 1.00 bits per heavy atom. The van der Waals surface area contributed by atoms with Crippen molar-refractivity contribution in [3.05, 3.63) is 65.7 Å². The minimum Gasteiger partial charge on any atom is -0.320 e. The van der Waals surface area contributed by atoms with Gasteiger partial charge in [0.05, 0.1) is 17.1 Å². The van der Waals surface area contributed by atoms with Crippen LogP contribution in [0.2, 0.25) is 0 Å². The van der Waals surface area contributed by atoms with E-state index >= 15 is 0 Å². The van der Waals surface area contributed by atoms with Crippen LogP contribution in [0.5, 0.6) is 0 Å². The topological polar surface area (TPSA) is 64.7 Å². The van der Waals surface area contributed by atoms with E-state index in [4.69, 9.17) is 5.73 Å². The standard InChI is InChI=1S/C15H14N4/c1-10-5-6-17-9-12(10)14(16)11-3-2-4-13-15(11)19-8-7-18-13/h2-9,14H,16H2,1H3. The second-order valence-corrected chi connectivity index (χ2v) is 4.48. The first-order valence-corrected chi connectivity index (χ1v) is 6.13. The zero-order valence-corrected chi connectivity index (χ0v) is 10.6.